The number of hydrogen-bond acceptors (Lipinski definition) is 3. The minimum atomic E-state index is 0.530. The number of rotatable bonds is 8. The Morgan fingerprint density at radius 1 is 1.24 bits per heavy atom. The fourth-order valence-electron chi connectivity index (χ4n) is 2.13. The van der Waals surface area contributed by atoms with Crippen molar-refractivity contribution in [2.45, 2.75) is 32.7 Å². The smallest absolute Gasteiger partial charge is 0.122 e. The SMILES string of the molecule is CCC(C)c1ccccc1OCCNCc1ccc(Cl)s1. The predicted octanol–water partition coefficient (Wildman–Crippen LogP) is 5.08. The molecule has 1 aromatic heterocycles. The lowest BCUT2D eigenvalue weighted by atomic mass is 9.98. The number of hydrogen-bond donors (Lipinski definition) is 1. The van der Waals surface area contributed by atoms with Crippen LogP contribution >= 0.6 is 22.9 Å². The van der Waals surface area contributed by atoms with Gasteiger partial charge in [0.1, 0.15) is 12.4 Å². The van der Waals surface area contributed by atoms with Gasteiger partial charge in [-0.1, -0.05) is 43.6 Å². The molecule has 2 rings (SSSR count). The molecule has 0 fully saturated rings. The number of ether oxygens (including phenoxy) is 1. The van der Waals surface area contributed by atoms with Gasteiger partial charge in [0.15, 0.2) is 0 Å². The van der Waals surface area contributed by atoms with Crippen molar-refractivity contribution >= 4 is 22.9 Å². The van der Waals surface area contributed by atoms with E-state index in [1.807, 2.05) is 12.1 Å². The van der Waals surface area contributed by atoms with Crippen LogP contribution in [0.15, 0.2) is 36.4 Å². The van der Waals surface area contributed by atoms with Gasteiger partial charge in [0.05, 0.1) is 4.34 Å². The summed E-state index contributed by atoms with van der Waals surface area (Å²) in [5, 5.41) is 3.37. The van der Waals surface area contributed by atoms with E-state index in [9.17, 15) is 0 Å². The van der Waals surface area contributed by atoms with Gasteiger partial charge in [-0.2, -0.15) is 0 Å². The van der Waals surface area contributed by atoms with E-state index in [0.717, 1.165) is 29.6 Å². The van der Waals surface area contributed by atoms with E-state index in [0.29, 0.717) is 12.5 Å². The largest absolute Gasteiger partial charge is 0.492 e. The maximum Gasteiger partial charge on any atom is 0.122 e. The minimum Gasteiger partial charge on any atom is -0.492 e. The van der Waals surface area contributed by atoms with Gasteiger partial charge in [-0.05, 0) is 36.1 Å². The fourth-order valence-corrected chi connectivity index (χ4v) is 3.19. The molecule has 0 aliphatic heterocycles. The van der Waals surface area contributed by atoms with Crippen molar-refractivity contribution in [3.8, 4) is 5.75 Å². The summed E-state index contributed by atoms with van der Waals surface area (Å²) in [5.74, 6) is 1.54. The molecule has 0 spiro atoms. The van der Waals surface area contributed by atoms with Crippen LogP contribution in [-0.2, 0) is 6.54 Å². The molecule has 0 bridgehead atoms. The minimum absolute atomic E-state index is 0.530. The van der Waals surface area contributed by atoms with Crippen LogP contribution in [0.5, 0.6) is 5.75 Å². The predicted molar refractivity (Wildman–Crippen MR) is 91.7 cm³/mol. The Morgan fingerprint density at radius 2 is 2.05 bits per heavy atom. The van der Waals surface area contributed by atoms with Crippen molar-refractivity contribution in [2.24, 2.45) is 0 Å². The average Bonchev–Trinajstić information content (AvgIpc) is 2.92. The van der Waals surface area contributed by atoms with Crippen LogP contribution in [0.25, 0.3) is 0 Å². The normalized spacial score (nSPS) is 12.3. The van der Waals surface area contributed by atoms with Crippen molar-refractivity contribution in [3.63, 3.8) is 0 Å². The van der Waals surface area contributed by atoms with E-state index in [2.05, 4.69) is 43.4 Å². The highest BCUT2D eigenvalue weighted by molar-refractivity contribution is 7.16. The molecular formula is C17H22ClNOS. The summed E-state index contributed by atoms with van der Waals surface area (Å²) in [6.07, 6.45) is 1.12. The summed E-state index contributed by atoms with van der Waals surface area (Å²) in [6, 6.07) is 12.3. The van der Waals surface area contributed by atoms with Crippen LogP contribution in [0, 0.1) is 0 Å². The van der Waals surface area contributed by atoms with Gasteiger partial charge in [0.2, 0.25) is 0 Å². The molecule has 0 aliphatic rings. The molecule has 21 heavy (non-hydrogen) atoms. The van der Waals surface area contributed by atoms with Crippen molar-refractivity contribution in [1.29, 1.82) is 0 Å². The van der Waals surface area contributed by atoms with Crippen LogP contribution in [0.4, 0.5) is 0 Å². The molecule has 0 saturated heterocycles. The first kappa shape index (κ1) is 16.3. The Morgan fingerprint density at radius 3 is 2.76 bits per heavy atom. The van der Waals surface area contributed by atoms with Crippen LogP contribution in [0.1, 0.15) is 36.6 Å². The molecule has 1 aromatic carbocycles. The zero-order valence-corrected chi connectivity index (χ0v) is 14.1. The maximum absolute atomic E-state index is 5.92. The first-order chi connectivity index (χ1) is 10.2. The second-order valence-corrected chi connectivity index (χ2v) is 6.88. The summed E-state index contributed by atoms with van der Waals surface area (Å²) in [5.41, 5.74) is 1.30. The lowest BCUT2D eigenvalue weighted by Gasteiger charge is -2.15. The number of halogens is 1. The number of thiophene rings is 1. The molecule has 4 heteroatoms. The fraction of sp³-hybridized carbons (Fsp3) is 0.412. The Kier molecular flexibility index (Phi) is 6.55. The summed E-state index contributed by atoms with van der Waals surface area (Å²) >= 11 is 7.52. The molecule has 1 atom stereocenters. The summed E-state index contributed by atoms with van der Waals surface area (Å²) in [7, 11) is 0. The van der Waals surface area contributed by atoms with E-state index in [1.165, 1.54) is 10.4 Å². The molecule has 0 saturated carbocycles. The quantitative estimate of drug-likeness (QED) is 0.684. The van der Waals surface area contributed by atoms with Gasteiger partial charge >= 0.3 is 0 Å². The lowest BCUT2D eigenvalue weighted by Crippen LogP contribution is -2.20. The standard InChI is InChI=1S/C17H22ClNOS/c1-3-13(2)15-6-4-5-7-16(15)20-11-10-19-12-14-8-9-17(18)21-14/h4-9,13,19H,3,10-12H2,1-2H3. The zero-order valence-electron chi connectivity index (χ0n) is 12.6. The second kappa shape index (κ2) is 8.42. The van der Waals surface area contributed by atoms with Gasteiger partial charge in [0.25, 0.3) is 0 Å². The first-order valence-electron chi connectivity index (χ1n) is 7.37. The van der Waals surface area contributed by atoms with Gasteiger partial charge in [-0.25, -0.2) is 0 Å². The molecule has 1 N–H and O–H groups in total. The summed E-state index contributed by atoms with van der Waals surface area (Å²) in [6.45, 7) is 6.78. The van der Waals surface area contributed by atoms with Crippen molar-refractivity contribution < 1.29 is 4.74 Å². The Balaban J connectivity index is 1.76. The lowest BCUT2D eigenvalue weighted by molar-refractivity contribution is 0.309. The molecule has 0 radical (unpaired) electrons. The highest BCUT2D eigenvalue weighted by Crippen LogP contribution is 2.28. The van der Waals surface area contributed by atoms with Crippen LogP contribution < -0.4 is 10.1 Å². The van der Waals surface area contributed by atoms with Gasteiger partial charge in [-0.15, -0.1) is 11.3 Å². The number of benzene rings is 1. The third-order valence-corrected chi connectivity index (χ3v) is 4.76. The molecule has 0 aliphatic carbocycles. The molecule has 1 heterocycles. The van der Waals surface area contributed by atoms with E-state index in [4.69, 9.17) is 16.3 Å². The molecule has 2 aromatic rings. The Hall–Kier alpha value is -1.03. The molecule has 1 unspecified atom stereocenters. The number of nitrogens with one attached hydrogen (secondary N) is 1. The summed E-state index contributed by atoms with van der Waals surface area (Å²) in [4.78, 5) is 1.25. The van der Waals surface area contributed by atoms with Gasteiger partial charge in [-0.3, -0.25) is 0 Å². The topological polar surface area (TPSA) is 21.3 Å². The monoisotopic (exact) mass is 323 g/mol. The second-order valence-electron chi connectivity index (χ2n) is 5.08. The van der Waals surface area contributed by atoms with Crippen LogP contribution in [-0.4, -0.2) is 13.2 Å². The average molecular weight is 324 g/mol. The molecular weight excluding hydrogens is 302 g/mol. The third-order valence-electron chi connectivity index (χ3n) is 3.53. The molecule has 114 valence electrons. The highest BCUT2D eigenvalue weighted by atomic mass is 35.5. The van der Waals surface area contributed by atoms with E-state index >= 15 is 0 Å². The molecule has 0 amide bonds. The van der Waals surface area contributed by atoms with Crippen molar-refractivity contribution in [2.75, 3.05) is 13.2 Å². The Bertz CT molecular complexity index is 555. The third kappa shape index (κ3) is 5.03. The van der Waals surface area contributed by atoms with Crippen molar-refractivity contribution in [1.82, 2.24) is 5.32 Å². The van der Waals surface area contributed by atoms with Gasteiger partial charge < -0.3 is 10.1 Å². The van der Waals surface area contributed by atoms with Crippen LogP contribution in [0.3, 0.4) is 0 Å². The Labute approximate surface area is 136 Å². The summed E-state index contributed by atoms with van der Waals surface area (Å²) < 4.78 is 6.76. The van der Waals surface area contributed by atoms with Crippen LogP contribution in [0.2, 0.25) is 4.34 Å². The van der Waals surface area contributed by atoms with E-state index < -0.39 is 0 Å². The number of para-hydroxylation sites is 1. The molecule has 2 nitrogen and oxygen atoms in total. The van der Waals surface area contributed by atoms with E-state index in [-0.39, 0.29) is 0 Å². The van der Waals surface area contributed by atoms with Gasteiger partial charge in [0, 0.05) is 18.0 Å². The first-order valence-corrected chi connectivity index (χ1v) is 8.56. The van der Waals surface area contributed by atoms with Crippen molar-refractivity contribution in [3.05, 3.63) is 51.2 Å². The highest BCUT2D eigenvalue weighted by Gasteiger charge is 2.09. The van der Waals surface area contributed by atoms with E-state index in [1.54, 1.807) is 11.3 Å². The zero-order chi connectivity index (χ0) is 15.1. The maximum atomic E-state index is 5.92.